The summed E-state index contributed by atoms with van der Waals surface area (Å²) in [4.78, 5) is 10.8. The Kier molecular flexibility index (Phi) is 2.55. The van der Waals surface area contributed by atoms with E-state index in [0.29, 0.717) is 5.92 Å². The SMILES string of the molecule is O=C(O)C/C=C/C12CC(c3ccccc31)c1ccccc12. The Morgan fingerprint density at radius 2 is 1.67 bits per heavy atom. The van der Waals surface area contributed by atoms with Crippen LogP contribution < -0.4 is 0 Å². The average Bonchev–Trinajstić information content (AvgIpc) is 3.00. The minimum atomic E-state index is -0.781. The summed E-state index contributed by atoms with van der Waals surface area (Å²) in [6.45, 7) is 0. The van der Waals surface area contributed by atoms with Crippen molar-refractivity contribution in [2.75, 3.05) is 0 Å². The van der Waals surface area contributed by atoms with Crippen LogP contribution in [0.4, 0.5) is 0 Å². The molecule has 0 fully saturated rings. The maximum atomic E-state index is 10.8. The summed E-state index contributed by atoms with van der Waals surface area (Å²) in [5, 5.41) is 8.89. The number of benzene rings is 2. The summed E-state index contributed by atoms with van der Waals surface area (Å²) in [7, 11) is 0. The van der Waals surface area contributed by atoms with Crippen LogP contribution >= 0.6 is 0 Å². The maximum absolute atomic E-state index is 10.8. The van der Waals surface area contributed by atoms with Crippen molar-refractivity contribution in [2.24, 2.45) is 0 Å². The minimum absolute atomic E-state index is 0.0801. The molecular formula is C19H16O2. The molecular weight excluding hydrogens is 260 g/mol. The Morgan fingerprint density at radius 3 is 2.24 bits per heavy atom. The fourth-order valence-corrected chi connectivity index (χ4v) is 4.10. The molecule has 21 heavy (non-hydrogen) atoms. The van der Waals surface area contributed by atoms with Crippen molar-refractivity contribution >= 4 is 5.97 Å². The Bertz CT molecular complexity index is 710. The molecule has 0 atom stereocenters. The van der Waals surface area contributed by atoms with Crippen LogP contribution in [-0.4, -0.2) is 11.1 Å². The summed E-state index contributed by atoms with van der Waals surface area (Å²) in [5.74, 6) is -0.330. The molecule has 0 saturated carbocycles. The molecule has 0 saturated heterocycles. The summed E-state index contributed by atoms with van der Waals surface area (Å²) in [6.07, 6.45) is 5.04. The molecule has 2 bridgehead atoms. The number of hydrogen-bond acceptors (Lipinski definition) is 1. The van der Waals surface area contributed by atoms with Gasteiger partial charge in [-0.25, -0.2) is 0 Å². The number of allylic oxidation sites excluding steroid dienone is 1. The molecule has 0 unspecified atom stereocenters. The zero-order valence-corrected chi connectivity index (χ0v) is 11.6. The zero-order chi connectivity index (χ0) is 14.4. The highest BCUT2D eigenvalue weighted by Gasteiger charge is 2.50. The van der Waals surface area contributed by atoms with Crippen LogP contribution in [0.2, 0.25) is 0 Å². The lowest BCUT2D eigenvalue weighted by molar-refractivity contribution is -0.136. The van der Waals surface area contributed by atoms with Gasteiger partial charge in [0.2, 0.25) is 0 Å². The van der Waals surface area contributed by atoms with E-state index in [2.05, 4.69) is 54.6 Å². The highest BCUT2D eigenvalue weighted by molar-refractivity contribution is 5.70. The predicted octanol–water partition coefficient (Wildman–Crippen LogP) is 3.85. The van der Waals surface area contributed by atoms with Crippen LogP contribution in [0.15, 0.2) is 60.7 Å². The van der Waals surface area contributed by atoms with E-state index >= 15 is 0 Å². The van der Waals surface area contributed by atoms with Crippen LogP contribution in [0.3, 0.4) is 0 Å². The van der Waals surface area contributed by atoms with Crippen LogP contribution in [0, 0.1) is 0 Å². The fourth-order valence-electron chi connectivity index (χ4n) is 4.10. The molecule has 2 heteroatoms. The second-order valence-electron chi connectivity index (χ2n) is 5.90. The van der Waals surface area contributed by atoms with E-state index in [-0.39, 0.29) is 11.8 Å². The van der Waals surface area contributed by atoms with Gasteiger partial charge in [-0.1, -0.05) is 60.7 Å². The van der Waals surface area contributed by atoms with Crippen molar-refractivity contribution in [2.45, 2.75) is 24.2 Å². The van der Waals surface area contributed by atoms with E-state index in [1.807, 2.05) is 6.08 Å². The van der Waals surface area contributed by atoms with Gasteiger partial charge in [0, 0.05) is 11.3 Å². The zero-order valence-electron chi connectivity index (χ0n) is 11.6. The van der Waals surface area contributed by atoms with E-state index in [4.69, 9.17) is 5.11 Å². The smallest absolute Gasteiger partial charge is 0.307 e. The number of carbonyl (C=O) groups is 1. The van der Waals surface area contributed by atoms with E-state index in [0.717, 1.165) is 6.42 Å². The summed E-state index contributed by atoms with van der Waals surface area (Å²) in [6, 6.07) is 17.1. The van der Waals surface area contributed by atoms with Gasteiger partial charge in [0.1, 0.15) is 0 Å². The Hall–Kier alpha value is -2.35. The van der Waals surface area contributed by atoms with Crippen molar-refractivity contribution in [3.63, 3.8) is 0 Å². The maximum Gasteiger partial charge on any atom is 0.307 e. The molecule has 2 aromatic rings. The van der Waals surface area contributed by atoms with Crippen molar-refractivity contribution < 1.29 is 9.90 Å². The highest BCUT2D eigenvalue weighted by Crippen LogP contribution is 2.60. The molecule has 104 valence electrons. The van der Waals surface area contributed by atoms with Gasteiger partial charge in [-0.15, -0.1) is 0 Å². The molecule has 0 radical (unpaired) electrons. The van der Waals surface area contributed by atoms with E-state index in [1.165, 1.54) is 22.3 Å². The second kappa shape index (κ2) is 4.32. The largest absolute Gasteiger partial charge is 0.481 e. The Labute approximate surface area is 123 Å². The normalized spacial score (nSPS) is 25.0. The Morgan fingerprint density at radius 1 is 1.10 bits per heavy atom. The van der Waals surface area contributed by atoms with Crippen molar-refractivity contribution in [1.29, 1.82) is 0 Å². The van der Waals surface area contributed by atoms with E-state index in [1.54, 1.807) is 0 Å². The molecule has 0 aliphatic heterocycles. The minimum Gasteiger partial charge on any atom is -0.481 e. The lowest BCUT2D eigenvalue weighted by atomic mass is 9.75. The topological polar surface area (TPSA) is 37.3 Å². The summed E-state index contributed by atoms with van der Waals surface area (Å²) in [5.41, 5.74) is 5.35. The standard InChI is InChI=1S/C19H16O2/c20-18(21)10-5-11-19-12-15(13-6-1-3-8-16(13)19)14-7-2-4-9-17(14)19/h1-9,11,15H,10,12H2,(H,20,21)/b11-5+. The fraction of sp³-hybridized carbons (Fsp3) is 0.211. The molecule has 0 aromatic heterocycles. The Balaban J connectivity index is 1.90. The second-order valence-corrected chi connectivity index (χ2v) is 5.90. The third kappa shape index (κ3) is 1.62. The lowest BCUT2D eigenvalue weighted by Crippen LogP contribution is -2.21. The van der Waals surface area contributed by atoms with Crippen LogP contribution in [0.5, 0.6) is 0 Å². The van der Waals surface area contributed by atoms with Gasteiger partial charge in [-0.05, 0) is 28.7 Å². The lowest BCUT2D eigenvalue weighted by Gasteiger charge is -2.28. The van der Waals surface area contributed by atoms with Gasteiger partial charge in [-0.3, -0.25) is 4.79 Å². The van der Waals surface area contributed by atoms with Crippen LogP contribution in [0.25, 0.3) is 0 Å². The van der Waals surface area contributed by atoms with Crippen LogP contribution in [0.1, 0.15) is 41.0 Å². The third-order valence-corrected chi connectivity index (χ3v) is 4.85. The molecule has 2 aliphatic carbocycles. The number of rotatable bonds is 3. The summed E-state index contributed by atoms with van der Waals surface area (Å²) < 4.78 is 0. The number of carboxylic acids is 1. The molecule has 1 N–H and O–H groups in total. The highest BCUT2D eigenvalue weighted by atomic mass is 16.4. The quantitative estimate of drug-likeness (QED) is 0.864. The van der Waals surface area contributed by atoms with Gasteiger partial charge in [0.25, 0.3) is 0 Å². The van der Waals surface area contributed by atoms with Gasteiger partial charge in [0.05, 0.1) is 6.42 Å². The first-order valence-corrected chi connectivity index (χ1v) is 7.31. The average molecular weight is 276 g/mol. The van der Waals surface area contributed by atoms with Crippen molar-refractivity contribution in [3.05, 3.63) is 82.9 Å². The molecule has 2 aromatic carbocycles. The first-order valence-electron chi connectivity index (χ1n) is 7.31. The molecule has 0 heterocycles. The molecule has 2 nitrogen and oxygen atoms in total. The first kappa shape index (κ1) is 12.4. The van der Waals surface area contributed by atoms with Crippen molar-refractivity contribution in [3.8, 4) is 0 Å². The van der Waals surface area contributed by atoms with Gasteiger partial charge in [0.15, 0.2) is 0 Å². The molecule has 0 amide bonds. The number of hydrogen-bond donors (Lipinski definition) is 1. The number of fused-ring (bicyclic) bond motifs is 8. The van der Waals surface area contributed by atoms with Gasteiger partial charge in [-0.2, -0.15) is 0 Å². The van der Waals surface area contributed by atoms with E-state index in [9.17, 15) is 4.79 Å². The summed E-state index contributed by atoms with van der Waals surface area (Å²) >= 11 is 0. The molecule has 2 aliphatic rings. The van der Waals surface area contributed by atoms with Crippen molar-refractivity contribution in [1.82, 2.24) is 0 Å². The van der Waals surface area contributed by atoms with Gasteiger partial charge >= 0.3 is 5.97 Å². The molecule has 0 spiro atoms. The molecule has 4 rings (SSSR count). The third-order valence-electron chi connectivity index (χ3n) is 4.85. The monoisotopic (exact) mass is 276 g/mol. The number of carboxylic acid groups (broad SMARTS) is 1. The van der Waals surface area contributed by atoms with Gasteiger partial charge < -0.3 is 5.11 Å². The first-order chi connectivity index (χ1) is 10.2. The number of aliphatic carboxylic acids is 1. The van der Waals surface area contributed by atoms with Crippen LogP contribution in [-0.2, 0) is 10.2 Å². The predicted molar refractivity (Wildman–Crippen MR) is 81.5 cm³/mol. The van der Waals surface area contributed by atoms with E-state index < -0.39 is 5.97 Å².